The van der Waals surface area contributed by atoms with Gasteiger partial charge in [-0.05, 0) is 62.1 Å². The number of aromatic nitrogens is 1. The lowest BCUT2D eigenvalue weighted by atomic mass is 9.95. The van der Waals surface area contributed by atoms with E-state index in [2.05, 4.69) is 23.5 Å². The van der Waals surface area contributed by atoms with Crippen molar-refractivity contribution in [3.63, 3.8) is 0 Å². The predicted octanol–water partition coefficient (Wildman–Crippen LogP) is 6.74. The number of rotatable bonds is 5. The molecule has 34 heavy (non-hydrogen) atoms. The quantitative estimate of drug-likeness (QED) is 0.452. The highest BCUT2D eigenvalue weighted by Crippen LogP contribution is 2.34. The average Bonchev–Trinajstić information content (AvgIpc) is 2.79. The van der Waals surface area contributed by atoms with Crippen LogP contribution in [0.1, 0.15) is 60.7 Å². The van der Waals surface area contributed by atoms with Crippen LogP contribution in [0.15, 0.2) is 42.5 Å². The second-order valence-corrected chi connectivity index (χ2v) is 8.86. The molecule has 1 atom stereocenters. The van der Waals surface area contributed by atoms with E-state index in [0.29, 0.717) is 13.1 Å². The molecule has 0 aliphatic carbocycles. The van der Waals surface area contributed by atoms with Gasteiger partial charge in [0.05, 0.1) is 17.1 Å². The van der Waals surface area contributed by atoms with Gasteiger partial charge in [-0.2, -0.15) is 0 Å². The summed E-state index contributed by atoms with van der Waals surface area (Å²) in [5.74, 6) is -0.819. The van der Waals surface area contributed by atoms with E-state index >= 15 is 0 Å². The van der Waals surface area contributed by atoms with E-state index in [4.69, 9.17) is 4.98 Å². The summed E-state index contributed by atoms with van der Waals surface area (Å²) in [7, 11) is 0. The van der Waals surface area contributed by atoms with Gasteiger partial charge in [0, 0.05) is 42.3 Å². The zero-order chi connectivity index (χ0) is 24.6. The van der Waals surface area contributed by atoms with Crippen LogP contribution in [0.4, 0.5) is 18.9 Å². The summed E-state index contributed by atoms with van der Waals surface area (Å²) in [4.78, 5) is 18.2. The van der Waals surface area contributed by atoms with Crippen molar-refractivity contribution in [1.82, 2.24) is 9.88 Å². The highest BCUT2D eigenvalue weighted by atomic mass is 19.3. The number of hydrogen-bond donors (Lipinski definition) is 1. The Morgan fingerprint density at radius 1 is 1.15 bits per heavy atom. The summed E-state index contributed by atoms with van der Waals surface area (Å²) in [5, 5.41) is 4.21. The molecule has 1 aromatic heterocycles. The van der Waals surface area contributed by atoms with Gasteiger partial charge in [0.15, 0.2) is 0 Å². The number of nitrogens with one attached hydrogen (secondary N) is 1. The number of amides is 1. The molecule has 0 spiro atoms. The number of fused-ring (bicyclic) bond motifs is 1. The molecule has 0 unspecified atom stereocenters. The number of benzene rings is 2. The van der Waals surface area contributed by atoms with E-state index in [0.717, 1.165) is 51.5 Å². The van der Waals surface area contributed by atoms with Gasteiger partial charge >= 0.3 is 0 Å². The summed E-state index contributed by atoms with van der Waals surface area (Å²) < 4.78 is 41.2. The third kappa shape index (κ3) is 4.65. The van der Waals surface area contributed by atoms with Crippen LogP contribution in [-0.4, -0.2) is 28.9 Å². The summed E-state index contributed by atoms with van der Waals surface area (Å²) in [6, 6.07) is 9.61. The van der Waals surface area contributed by atoms with Crippen LogP contribution in [-0.2, 0) is 4.79 Å². The minimum atomic E-state index is -2.87. The van der Waals surface area contributed by atoms with E-state index in [9.17, 15) is 18.0 Å². The van der Waals surface area contributed by atoms with Crippen LogP contribution in [0, 0.1) is 19.7 Å². The Hall–Kier alpha value is -3.35. The van der Waals surface area contributed by atoms with Gasteiger partial charge in [-0.1, -0.05) is 24.3 Å². The number of carbonyl (C=O) groups excluding carboxylic acids is 1. The fourth-order valence-corrected chi connectivity index (χ4v) is 4.53. The van der Waals surface area contributed by atoms with Gasteiger partial charge in [-0.3, -0.25) is 9.78 Å². The Bertz CT molecular complexity index is 1290. The lowest BCUT2D eigenvalue weighted by Gasteiger charge is -2.26. The number of halogens is 3. The zero-order valence-electron chi connectivity index (χ0n) is 19.8. The summed E-state index contributed by atoms with van der Waals surface area (Å²) in [5.41, 5.74) is 5.22. The van der Waals surface area contributed by atoms with Gasteiger partial charge < -0.3 is 10.2 Å². The van der Waals surface area contributed by atoms with Crippen LogP contribution in [0.25, 0.3) is 16.5 Å². The minimum absolute atomic E-state index is 0.0632. The van der Waals surface area contributed by atoms with Gasteiger partial charge in [-0.25, -0.2) is 13.2 Å². The van der Waals surface area contributed by atoms with Crippen molar-refractivity contribution in [2.45, 2.75) is 46.6 Å². The number of carbonyl (C=O) groups is 1. The number of pyridine rings is 1. The molecule has 0 fully saturated rings. The van der Waals surface area contributed by atoms with Crippen molar-refractivity contribution in [2.75, 3.05) is 18.4 Å². The molecule has 1 N–H and O–H groups in total. The van der Waals surface area contributed by atoms with Gasteiger partial charge in [-0.15, -0.1) is 0 Å². The molecule has 0 bridgehead atoms. The standard InChI is InChI=1S/C27H28F3N3O/c1-15-12-20(19-8-10-33(11-9-19)18(4)34)14-23-24(13-16(2)31-26(15)23)32-17(3)21-6-5-7-22(25(21)28)27(29)30/h5-8,12-14,17,27H,9-11H2,1-4H3,(H,31,32)/t17-/m1/s1. The number of nitrogens with zero attached hydrogens (tertiary/aromatic N) is 2. The first-order valence-corrected chi connectivity index (χ1v) is 11.4. The Labute approximate surface area is 197 Å². The van der Waals surface area contributed by atoms with E-state index in [1.165, 1.54) is 12.1 Å². The summed E-state index contributed by atoms with van der Waals surface area (Å²) in [6.07, 6.45) is -0.0353. The van der Waals surface area contributed by atoms with Crippen molar-refractivity contribution in [3.05, 3.63) is 76.2 Å². The monoisotopic (exact) mass is 467 g/mol. The van der Waals surface area contributed by atoms with E-state index < -0.39 is 23.8 Å². The average molecular weight is 468 g/mol. The highest BCUT2D eigenvalue weighted by molar-refractivity contribution is 5.96. The Balaban J connectivity index is 1.73. The number of aryl methyl sites for hydroxylation is 2. The highest BCUT2D eigenvalue weighted by Gasteiger charge is 2.21. The SMILES string of the molecule is CC(=O)N1CC=C(c2cc(C)c3nc(C)cc(N[C@H](C)c4cccc(C(F)F)c4F)c3c2)CC1. The van der Waals surface area contributed by atoms with E-state index in [1.807, 2.05) is 19.9 Å². The summed E-state index contributed by atoms with van der Waals surface area (Å²) >= 11 is 0. The molecule has 0 saturated carbocycles. The molecule has 4 rings (SSSR count). The Morgan fingerprint density at radius 2 is 1.88 bits per heavy atom. The first-order chi connectivity index (χ1) is 16.2. The van der Waals surface area contributed by atoms with Crippen LogP contribution in [0.3, 0.4) is 0 Å². The molecule has 2 aromatic carbocycles. The minimum Gasteiger partial charge on any atom is -0.378 e. The van der Waals surface area contributed by atoms with Crippen molar-refractivity contribution in [1.29, 1.82) is 0 Å². The number of hydrogen-bond acceptors (Lipinski definition) is 3. The molecule has 7 heteroatoms. The number of anilines is 1. The second kappa shape index (κ2) is 9.49. The molecule has 1 amide bonds. The van der Waals surface area contributed by atoms with Crippen molar-refractivity contribution in [2.24, 2.45) is 0 Å². The van der Waals surface area contributed by atoms with E-state index in [-0.39, 0.29) is 11.5 Å². The molecule has 0 saturated heterocycles. The fourth-order valence-electron chi connectivity index (χ4n) is 4.53. The summed E-state index contributed by atoms with van der Waals surface area (Å²) in [6.45, 7) is 8.48. The maximum atomic E-state index is 14.8. The topological polar surface area (TPSA) is 45.2 Å². The molecule has 0 radical (unpaired) electrons. The van der Waals surface area contributed by atoms with Crippen molar-refractivity contribution >= 4 is 28.1 Å². The predicted molar refractivity (Wildman–Crippen MR) is 129 cm³/mol. The third-order valence-corrected chi connectivity index (χ3v) is 6.39. The molecule has 3 aromatic rings. The maximum absolute atomic E-state index is 14.8. The molecule has 2 heterocycles. The van der Waals surface area contributed by atoms with Crippen LogP contribution in [0.5, 0.6) is 0 Å². The molecule has 4 nitrogen and oxygen atoms in total. The molecule has 178 valence electrons. The lowest BCUT2D eigenvalue weighted by Crippen LogP contribution is -2.32. The smallest absolute Gasteiger partial charge is 0.266 e. The Morgan fingerprint density at radius 3 is 2.53 bits per heavy atom. The van der Waals surface area contributed by atoms with Gasteiger partial charge in [0.2, 0.25) is 5.91 Å². The third-order valence-electron chi connectivity index (χ3n) is 6.39. The van der Waals surface area contributed by atoms with Crippen LogP contribution in [0.2, 0.25) is 0 Å². The largest absolute Gasteiger partial charge is 0.378 e. The number of alkyl halides is 2. The molecular formula is C27H28F3N3O. The van der Waals surface area contributed by atoms with Crippen molar-refractivity contribution < 1.29 is 18.0 Å². The van der Waals surface area contributed by atoms with Crippen LogP contribution < -0.4 is 5.32 Å². The fraction of sp³-hybridized carbons (Fsp3) is 0.333. The normalized spacial score (nSPS) is 14.9. The lowest BCUT2D eigenvalue weighted by molar-refractivity contribution is -0.128. The van der Waals surface area contributed by atoms with Gasteiger partial charge in [0.25, 0.3) is 6.43 Å². The van der Waals surface area contributed by atoms with Gasteiger partial charge in [0.1, 0.15) is 5.82 Å². The van der Waals surface area contributed by atoms with Crippen LogP contribution >= 0.6 is 0 Å². The Kier molecular flexibility index (Phi) is 6.64. The first kappa shape index (κ1) is 23.8. The maximum Gasteiger partial charge on any atom is 0.266 e. The molecular weight excluding hydrogens is 439 g/mol. The zero-order valence-corrected chi connectivity index (χ0v) is 19.8. The molecule has 1 aliphatic rings. The first-order valence-electron chi connectivity index (χ1n) is 11.4. The van der Waals surface area contributed by atoms with Crippen molar-refractivity contribution in [3.8, 4) is 0 Å². The second-order valence-electron chi connectivity index (χ2n) is 8.86. The molecule has 1 aliphatic heterocycles. The van der Waals surface area contributed by atoms with E-state index in [1.54, 1.807) is 18.7 Å².